The molecule has 0 atom stereocenters. The van der Waals surface area contributed by atoms with Crippen LogP contribution in [-0.2, 0) is 16.1 Å². The molecule has 0 saturated carbocycles. The molecule has 0 unspecified atom stereocenters. The van der Waals surface area contributed by atoms with Gasteiger partial charge in [0.25, 0.3) is 11.2 Å². The number of hydrogen-bond acceptors (Lipinski definition) is 7. The average molecular weight is 415 g/mol. The highest BCUT2D eigenvalue weighted by Crippen LogP contribution is 2.21. The Hall–Kier alpha value is -3.76. The first-order valence-electron chi connectivity index (χ1n) is 9.41. The van der Waals surface area contributed by atoms with Gasteiger partial charge in [0.1, 0.15) is 6.54 Å². The van der Waals surface area contributed by atoms with Gasteiger partial charge in [-0.1, -0.05) is 12.1 Å². The Morgan fingerprint density at radius 2 is 1.83 bits per heavy atom. The minimum atomic E-state index is -0.515. The molecule has 2 amide bonds. The fraction of sp³-hybridized carbons (Fsp3) is 0.368. The van der Waals surface area contributed by atoms with Gasteiger partial charge in [-0.05, 0) is 13.0 Å². The zero-order valence-corrected chi connectivity index (χ0v) is 16.4. The van der Waals surface area contributed by atoms with Gasteiger partial charge >= 0.3 is 6.09 Å². The third-order valence-electron chi connectivity index (χ3n) is 4.66. The van der Waals surface area contributed by atoms with Crippen molar-refractivity contribution >= 4 is 17.7 Å². The smallest absolute Gasteiger partial charge is 0.409 e. The molecule has 11 nitrogen and oxygen atoms in total. The summed E-state index contributed by atoms with van der Waals surface area (Å²) in [4.78, 5) is 50.1. The van der Waals surface area contributed by atoms with Crippen LogP contribution in [0.5, 0.6) is 0 Å². The number of carbonyl (C=O) groups excluding carboxylic acids is 2. The Bertz CT molecular complexity index is 1010. The molecule has 1 aliphatic rings. The van der Waals surface area contributed by atoms with Crippen LogP contribution in [0.15, 0.2) is 41.2 Å². The molecular formula is C19H21N5O6. The maximum atomic E-state index is 12.6. The second-order valence-electron chi connectivity index (χ2n) is 6.59. The van der Waals surface area contributed by atoms with Gasteiger partial charge in [-0.25, -0.2) is 9.48 Å². The minimum Gasteiger partial charge on any atom is -0.450 e. The number of aromatic nitrogens is 2. The lowest BCUT2D eigenvalue weighted by Crippen LogP contribution is -2.51. The highest BCUT2D eigenvalue weighted by molar-refractivity contribution is 5.76. The van der Waals surface area contributed by atoms with E-state index in [1.807, 2.05) is 0 Å². The van der Waals surface area contributed by atoms with Crippen molar-refractivity contribution in [2.24, 2.45) is 0 Å². The molecule has 0 spiro atoms. The first-order valence-corrected chi connectivity index (χ1v) is 9.41. The molecule has 1 saturated heterocycles. The number of nitro benzene ring substituents is 1. The van der Waals surface area contributed by atoms with Gasteiger partial charge in [0, 0.05) is 49.9 Å². The summed E-state index contributed by atoms with van der Waals surface area (Å²) in [6.45, 7) is 3.11. The van der Waals surface area contributed by atoms with Crippen LogP contribution >= 0.6 is 0 Å². The van der Waals surface area contributed by atoms with Crippen molar-refractivity contribution in [3.63, 3.8) is 0 Å². The molecule has 1 aliphatic heterocycles. The summed E-state index contributed by atoms with van der Waals surface area (Å²) in [6.07, 6.45) is -0.410. The summed E-state index contributed by atoms with van der Waals surface area (Å²) in [7, 11) is 0. The van der Waals surface area contributed by atoms with E-state index in [0.717, 1.165) is 4.68 Å². The molecule has 1 aromatic carbocycles. The van der Waals surface area contributed by atoms with Gasteiger partial charge in [0.15, 0.2) is 0 Å². The maximum Gasteiger partial charge on any atom is 0.409 e. The van der Waals surface area contributed by atoms with Crippen molar-refractivity contribution in [1.82, 2.24) is 19.6 Å². The van der Waals surface area contributed by atoms with Crippen LogP contribution in [0.2, 0.25) is 0 Å². The fourth-order valence-corrected chi connectivity index (χ4v) is 3.08. The second-order valence-corrected chi connectivity index (χ2v) is 6.59. The van der Waals surface area contributed by atoms with Gasteiger partial charge in [0.05, 0.1) is 17.2 Å². The van der Waals surface area contributed by atoms with E-state index in [1.165, 1.54) is 35.2 Å². The first kappa shape index (κ1) is 21.0. The molecule has 2 heterocycles. The molecule has 3 rings (SSSR count). The minimum absolute atomic E-state index is 0.0948. The average Bonchev–Trinajstić information content (AvgIpc) is 2.75. The monoisotopic (exact) mass is 415 g/mol. The largest absolute Gasteiger partial charge is 0.450 e. The molecular weight excluding hydrogens is 394 g/mol. The molecule has 0 N–H and O–H groups in total. The summed E-state index contributed by atoms with van der Waals surface area (Å²) in [6, 6.07) is 8.61. The van der Waals surface area contributed by atoms with Gasteiger partial charge < -0.3 is 14.5 Å². The predicted molar refractivity (Wildman–Crippen MR) is 106 cm³/mol. The van der Waals surface area contributed by atoms with Crippen molar-refractivity contribution < 1.29 is 19.2 Å². The number of nitro groups is 1. The van der Waals surface area contributed by atoms with Crippen LogP contribution < -0.4 is 5.56 Å². The van der Waals surface area contributed by atoms with E-state index in [0.29, 0.717) is 37.4 Å². The lowest BCUT2D eigenvalue weighted by molar-refractivity contribution is -0.384. The Labute approximate surface area is 171 Å². The number of benzene rings is 1. The van der Waals surface area contributed by atoms with Gasteiger partial charge in [0.2, 0.25) is 5.91 Å². The fourth-order valence-electron chi connectivity index (χ4n) is 3.08. The van der Waals surface area contributed by atoms with Crippen molar-refractivity contribution in [3.05, 3.63) is 56.9 Å². The van der Waals surface area contributed by atoms with Crippen molar-refractivity contribution in [1.29, 1.82) is 0 Å². The maximum absolute atomic E-state index is 12.6. The van der Waals surface area contributed by atoms with Gasteiger partial charge in [-0.3, -0.25) is 19.7 Å². The Balaban J connectivity index is 1.70. The van der Waals surface area contributed by atoms with Crippen LogP contribution in [0, 0.1) is 10.1 Å². The quantitative estimate of drug-likeness (QED) is 0.529. The lowest BCUT2D eigenvalue weighted by Gasteiger charge is -2.34. The number of amides is 2. The number of piperazine rings is 1. The number of nitrogens with zero attached hydrogens (tertiary/aromatic N) is 5. The number of hydrogen-bond donors (Lipinski definition) is 0. The van der Waals surface area contributed by atoms with Gasteiger partial charge in [-0.2, -0.15) is 5.10 Å². The zero-order valence-electron chi connectivity index (χ0n) is 16.4. The molecule has 1 fully saturated rings. The topological polar surface area (TPSA) is 128 Å². The normalized spacial score (nSPS) is 13.8. The van der Waals surface area contributed by atoms with E-state index in [4.69, 9.17) is 4.74 Å². The van der Waals surface area contributed by atoms with Crippen molar-refractivity contribution in [2.75, 3.05) is 32.8 Å². The Morgan fingerprint density at radius 1 is 1.13 bits per heavy atom. The van der Waals surface area contributed by atoms with E-state index in [9.17, 15) is 24.5 Å². The van der Waals surface area contributed by atoms with Crippen molar-refractivity contribution in [2.45, 2.75) is 13.5 Å². The molecule has 2 aromatic rings. The van der Waals surface area contributed by atoms with E-state index >= 15 is 0 Å². The number of non-ortho nitro benzene ring substituents is 1. The molecule has 158 valence electrons. The summed E-state index contributed by atoms with van der Waals surface area (Å²) < 4.78 is 5.99. The number of rotatable bonds is 5. The Kier molecular flexibility index (Phi) is 6.40. The third kappa shape index (κ3) is 4.80. The van der Waals surface area contributed by atoms with Crippen LogP contribution in [-0.4, -0.2) is 69.3 Å². The van der Waals surface area contributed by atoms with E-state index in [-0.39, 0.29) is 24.7 Å². The highest BCUT2D eigenvalue weighted by atomic mass is 16.6. The molecule has 11 heteroatoms. The molecule has 0 bridgehead atoms. The van der Waals surface area contributed by atoms with E-state index in [1.54, 1.807) is 17.9 Å². The van der Waals surface area contributed by atoms with Crippen LogP contribution in [0.3, 0.4) is 0 Å². The molecule has 1 aromatic heterocycles. The molecule has 30 heavy (non-hydrogen) atoms. The summed E-state index contributed by atoms with van der Waals surface area (Å²) >= 11 is 0. The zero-order chi connectivity index (χ0) is 21.7. The van der Waals surface area contributed by atoms with E-state index in [2.05, 4.69) is 5.10 Å². The molecule has 0 aliphatic carbocycles. The Morgan fingerprint density at radius 3 is 2.50 bits per heavy atom. The lowest BCUT2D eigenvalue weighted by atomic mass is 10.1. The summed E-state index contributed by atoms with van der Waals surface area (Å²) in [5.74, 6) is -0.302. The van der Waals surface area contributed by atoms with Gasteiger partial charge in [-0.15, -0.1) is 0 Å². The first-order chi connectivity index (χ1) is 14.4. The number of ether oxygens (including phenoxy) is 1. The van der Waals surface area contributed by atoms with Crippen LogP contribution in [0.4, 0.5) is 10.5 Å². The van der Waals surface area contributed by atoms with Crippen LogP contribution in [0.25, 0.3) is 11.3 Å². The van der Waals surface area contributed by atoms with Crippen LogP contribution in [0.1, 0.15) is 6.92 Å². The van der Waals surface area contributed by atoms with E-state index < -0.39 is 16.6 Å². The predicted octanol–water partition coefficient (Wildman–Crippen LogP) is 1.12. The molecule has 0 radical (unpaired) electrons. The third-order valence-corrected chi connectivity index (χ3v) is 4.66. The summed E-state index contributed by atoms with van der Waals surface area (Å²) in [5, 5.41) is 15.2. The standard InChI is InChI=1S/C19H21N5O6/c1-2-30-19(27)22-10-8-21(9-11-22)18(26)13-23-17(25)7-6-16(20-23)14-4-3-5-15(12-14)24(28)29/h3-7,12H,2,8-11,13H2,1H3. The highest BCUT2D eigenvalue weighted by Gasteiger charge is 2.25. The SMILES string of the molecule is CCOC(=O)N1CCN(C(=O)Cn2nc(-c3cccc([N+](=O)[O-])c3)ccc2=O)CC1. The number of carbonyl (C=O) groups is 2. The van der Waals surface area contributed by atoms with Crippen molar-refractivity contribution in [3.8, 4) is 11.3 Å². The summed E-state index contributed by atoms with van der Waals surface area (Å²) in [5.41, 5.74) is 0.261. The second kappa shape index (κ2) is 9.16.